The van der Waals surface area contributed by atoms with E-state index in [-0.39, 0.29) is 30.5 Å². The van der Waals surface area contributed by atoms with Crippen LogP contribution < -0.4 is 20.1 Å². The SMILES string of the molecule is COc1cc(CN(C)CC(=O)NCC(=O)Nc2ccc(F)cc2)ccc1OC(F)F. The maximum absolute atomic E-state index is 12.9. The summed E-state index contributed by atoms with van der Waals surface area (Å²) in [5.41, 5.74) is 1.14. The molecule has 2 N–H and O–H groups in total. The maximum atomic E-state index is 12.9. The molecule has 30 heavy (non-hydrogen) atoms. The predicted molar refractivity (Wildman–Crippen MR) is 104 cm³/mol. The van der Waals surface area contributed by atoms with Crippen LogP contribution in [0.15, 0.2) is 42.5 Å². The molecule has 0 aliphatic heterocycles. The molecule has 2 rings (SSSR count). The Labute approximate surface area is 171 Å². The van der Waals surface area contributed by atoms with E-state index in [0.29, 0.717) is 12.2 Å². The molecule has 0 spiro atoms. The van der Waals surface area contributed by atoms with Crippen LogP contribution in [0.3, 0.4) is 0 Å². The minimum atomic E-state index is -2.96. The van der Waals surface area contributed by atoms with Crippen LogP contribution in [0.1, 0.15) is 5.56 Å². The Balaban J connectivity index is 1.79. The third-order valence-electron chi connectivity index (χ3n) is 3.88. The van der Waals surface area contributed by atoms with Crippen molar-refractivity contribution in [1.82, 2.24) is 10.2 Å². The molecule has 0 unspecified atom stereocenters. The van der Waals surface area contributed by atoms with Gasteiger partial charge in [0.1, 0.15) is 5.82 Å². The second-order valence-corrected chi connectivity index (χ2v) is 6.37. The Bertz CT molecular complexity index is 863. The van der Waals surface area contributed by atoms with Crippen molar-refractivity contribution in [3.05, 3.63) is 53.8 Å². The van der Waals surface area contributed by atoms with Crippen molar-refractivity contribution >= 4 is 17.5 Å². The van der Waals surface area contributed by atoms with Gasteiger partial charge >= 0.3 is 6.61 Å². The van der Waals surface area contributed by atoms with Gasteiger partial charge in [0.15, 0.2) is 11.5 Å². The first kappa shape index (κ1) is 23.0. The molecule has 0 fully saturated rings. The standard InChI is InChI=1S/C20H22F3N3O4/c1-26(11-13-3-8-16(30-20(22)23)17(9-13)29-2)12-19(28)24-10-18(27)25-15-6-4-14(21)5-7-15/h3-9,20H,10-12H2,1-2H3,(H,24,28)(H,25,27). The van der Waals surface area contributed by atoms with Crippen LogP contribution in [0.25, 0.3) is 0 Å². The number of methoxy groups -OCH3 is 1. The zero-order chi connectivity index (χ0) is 22.1. The van der Waals surface area contributed by atoms with Gasteiger partial charge in [0.25, 0.3) is 0 Å². The van der Waals surface area contributed by atoms with Gasteiger partial charge in [-0.1, -0.05) is 6.07 Å². The highest BCUT2D eigenvalue weighted by Gasteiger charge is 2.13. The number of ether oxygens (including phenoxy) is 2. The van der Waals surface area contributed by atoms with E-state index in [1.807, 2.05) is 0 Å². The van der Waals surface area contributed by atoms with Crippen molar-refractivity contribution in [2.45, 2.75) is 13.2 Å². The van der Waals surface area contributed by atoms with Gasteiger partial charge in [0.2, 0.25) is 11.8 Å². The molecular weight excluding hydrogens is 403 g/mol. The lowest BCUT2D eigenvalue weighted by Gasteiger charge is -2.17. The smallest absolute Gasteiger partial charge is 0.387 e. The van der Waals surface area contributed by atoms with E-state index in [1.165, 1.54) is 37.4 Å². The Kier molecular flexibility index (Phi) is 8.48. The van der Waals surface area contributed by atoms with E-state index in [4.69, 9.17) is 4.74 Å². The molecule has 2 amide bonds. The summed E-state index contributed by atoms with van der Waals surface area (Å²) in [7, 11) is 3.03. The Morgan fingerprint density at radius 1 is 1.07 bits per heavy atom. The highest BCUT2D eigenvalue weighted by atomic mass is 19.3. The summed E-state index contributed by atoms with van der Waals surface area (Å²) in [6.07, 6.45) is 0. The monoisotopic (exact) mass is 425 g/mol. The maximum Gasteiger partial charge on any atom is 0.387 e. The van der Waals surface area contributed by atoms with Crippen molar-refractivity contribution in [2.75, 3.05) is 32.6 Å². The fraction of sp³-hybridized carbons (Fsp3) is 0.300. The van der Waals surface area contributed by atoms with Crippen molar-refractivity contribution in [1.29, 1.82) is 0 Å². The second-order valence-electron chi connectivity index (χ2n) is 6.37. The molecule has 10 heteroatoms. The van der Waals surface area contributed by atoms with Gasteiger partial charge in [-0.15, -0.1) is 0 Å². The van der Waals surface area contributed by atoms with Crippen LogP contribution >= 0.6 is 0 Å². The number of hydrogen-bond acceptors (Lipinski definition) is 5. The zero-order valence-corrected chi connectivity index (χ0v) is 16.5. The predicted octanol–water partition coefficient (Wildman–Crippen LogP) is 2.62. The number of nitrogens with zero attached hydrogens (tertiary/aromatic N) is 1. The first-order valence-electron chi connectivity index (χ1n) is 8.89. The van der Waals surface area contributed by atoms with Crippen LogP contribution in [0, 0.1) is 5.82 Å². The average molecular weight is 425 g/mol. The van der Waals surface area contributed by atoms with Gasteiger partial charge in [-0.3, -0.25) is 14.5 Å². The fourth-order valence-corrected chi connectivity index (χ4v) is 2.59. The number of carbonyl (C=O) groups excluding carboxylic acids is 2. The van der Waals surface area contributed by atoms with E-state index in [0.717, 1.165) is 5.56 Å². The number of likely N-dealkylation sites (N-methyl/N-ethyl adjacent to an activating group) is 1. The van der Waals surface area contributed by atoms with E-state index >= 15 is 0 Å². The van der Waals surface area contributed by atoms with Crippen LogP contribution in [-0.2, 0) is 16.1 Å². The second kappa shape index (κ2) is 11.1. The molecule has 2 aromatic rings. The molecule has 0 atom stereocenters. The minimum Gasteiger partial charge on any atom is -0.493 e. The quantitative estimate of drug-likeness (QED) is 0.612. The number of amides is 2. The number of rotatable bonds is 10. The Hall–Kier alpha value is -3.27. The molecule has 0 aliphatic carbocycles. The molecule has 0 heterocycles. The lowest BCUT2D eigenvalue weighted by atomic mass is 10.2. The Morgan fingerprint density at radius 3 is 2.40 bits per heavy atom. The summed E-state index contributed by atoms with van der Waals surface area (Å²) < 4.78 is 47.0. The summed E-state index contributed by atoms with van der Waals surface area (Å²) in [5, 5.41) is 5.03. The summed E-state index contributed by atoms with van der Waals surface area (Å²) in [6.45, 7) is -2.86. The summed E-state index contributed by atoms with van der Waals surface area (Å²) in [5.74, 6) is -1.17. The molecule has 162 valence electrons. The molecule has 0 bridgehead atoms. The van der Waals surface area contributed by atoms with E-state index in [1.54, 1.807) is 24.1 Å². The molecule has 7 nitrogen and oxygen atoms in total. The summed E-state index contributed by atoms with van der Waals surface area (Å²) in [4.78, 5) is 25.6. The van der Waals surface area contributed by atoms with E-state index in [2.05, 4.69) is 15.4 Å². The molecule has 0 saturated carbocycles. The van der Waals surface area contributed by atoms with E-state index in [9.17, 15) is 22.8 Å². The number of halogens is 3. The fourth-order valence-electron chi connectivity index (χ4n) is 2.59. The van der Waals surface area contributed by atoms with Crippen molar-refractivity contribution in [3.8, 4) is 11.5 Å². The van der Waals surface area contributed by atoms with Crippen LogP contribution in [0.4, 0.5) is 18.9 Å². The lowest BCUT2D eigenvalue weighted by Crippen LogP contribution is -2.39. The summed E-state index contributed by atoms with van der Waals surface area (Å²) >= 11 is 0. The highest BCUT2D eigenvalue weighted by molar-refractivity contribution is 5.94. The number of anilines is 1. The lowest BCUT2D eigenvalue weighted by molar-refractivity contribution is -0.124. The van der Waals surface area contributed by atoms with Crippen molar-refractivity contribution in [3.63, 3.8) is 0 Å². The van der Waals surface area contributed by atoms with Gasteiger partial charge in [-0.25, -0.2) is 4.39 Å². The van der Waals surface area contributed by atoms with Gasteiger partial charge in [-0.05, 0) is 49.0 Å². The minimum absolute atomic E-state index is 0.00142. The largest absolute Gasteiger partial charge is 0.493 e. The number of benzene rings is 2. The van der Waals surface area contributed by atoms with Gasteiger partial charge < -0.3 is 20.1 Å². The first-order valence-corrected chi connectivity index (χ1v) is 8.89. The third kappa shape index (κ3) is 7.63. The normalized spacial score (nSPS) is 10.8. The number of carbonyl (C=O) groups is 2. The number of alkyl halides is 2. The highest BCUT2D eigenvalue weighted by Crippen LogP contribution is 2.29. The van der Waals surface area contributed by atoms with Gasteiger partial charge in [0, 0.05) is 12.2 Å². The molecule has 0 saturated heterocycles. The molecular formula is C20H22F3N3O4. The number of hydrogen-bond donors (Lipinski definition) is 2. The van der Waals surface area contributed by atoms with Gasteiger partial charge in [-0.2, -0.15) is 8.78 Å². The molecule has 0 aliphatic rings. The van der Waals surface area contributed by atoms with Crippen LogP contribution in [0.2, 0.25) is 0 Å². The van der Waals surface area contributed by atoms with Crippen LogP contribution in [-0.4, -0.2) is 50.6 Å². The topological polar surface area (TPSA) is 79.9 Å². The van der Waals surface area contributed by atoms with Crippen molar-refractivity contribution < 1.29 is 32.2 Å². The number of nitrogens with one attached hydrogen (secondary N) is 2. The zero-order valence-electron chi connectivity index (χ0n) is 16.5. The first-order chi connectivity index (χ1) is 14.3. The average Bonchev–Trinajstić information content (AvgIpc) is 2.69. The van der Waals surface area contributed by atoms with Crippen molar-refractivity contribution in [2.24, 2.45) is 0 Å². The van der Waals surface area contributed by atoms with E-state index < -0.39 is 18.3 Å². The Morgan fingerprint density at radius 2 is 1.77 bits per heavy atom. The molecule has 2 aromatic carbocycles. The summed E-state index contributed by atoms with van der Waals surface area (Å²) in [6, 6.07) is 9.75. The van der Waals surface area contributed by atoms with Gasteiger partial charge in [0.05, 0.1) is 20.2 Å². The molecule has 0 radical (unpaired) electrons. The van der Waals surface area contributed by atoms with Crippen LogP contribution in [0.5, 0.6) is 11.5 Å². The third-order valence-corrected chi connectivity index (χ3v) is 3.88. The molecule has 0 aromatic heterocycles.